The minimum Gasteiger partial charge on any atom is -0.326 e. The lowest BCUT2D eigenvalue weighted by atomic mass is 10.0. The topological polar surface area (TPSA) is 104 Å². The number of carbonyl (C=O) groups is 2. The van der Waals surface area contributed by atoms with Gasteiger partial charge in [-0.1, -0.05) is 78.4 Å². The Morgan fingerprint density at radius 3 is 1.97 bits per heavy atom. The second kappa shape index (κ2) is 11.7. The van der Waals surface area contributed by atoms with Gasteiger partial charge in [-0.05, 0) is 48.4 Å². The van der Waals surface area contributed by atoms with Crippen molar-refractivity contribution in [2.24, 2.45) is 0 Å². The summed E-state index contributed by atoms with van der Waals surface area (Å²) in [4.78, 5) is 26.2. The molecule has 3 amide bonds. The maximum Gasteiger partial charge on any atom is 0.319 e. The highest BCUT2D eigenvalue weighted by molar-refractivity contribution is 7.90. The average Bonchev–Trinajstić information content (AvgIpc) is 2.90. The van der Waals surface area contributed by atoms with Crippen LogP contribution in [0.3, 0.4) is 0 Å². The first-order valence-electron chi connectivity index (χ1n) is 12.1. The van der Waals surface area contributed by atoms with E-state index in [2.05, 4.69) is 16.0 Å². The van der Waals surface area contributed by atoms with E-state index in [0.29, 0.717) is 28.9 Å². The van der Waals surface area contributed by atoms with E-state index in [1.807, 2.05) is 49.4 Å². The van der Waals surface area contributed by atoms with Crippen LogP contribution in [-0.4, -0.2) is 32.7 Å². The molecule has 3 N–H and O–H groups in total. The molecule has 38 heavy (non-hydrogen) atoms. The summed E-state index contributed by atoms with van der Waals surface area (Å²) < 4.78 is 24.4. The number of aryl methyl sites for hydroxylation is 1. The van der Waals surface area contributed by atoms with Crippen LogP contribution in [0, 0.1) is 6.92 Å². The predicted molar refractivity (Wildman–Crippen MR) is 151 cm³/mol. The average molecular weight is 528 g/mol. The molecule has 4 rings (SSSR count). The van der Waals surface area contributed by atoms with Crippen LogP contribution in [0.5, 0.6) is 0 Å². The van der Waals surface area contributed by atoms with Gasteiger partial charge in [0.15, 0.2) is 9.84 Å². The second-order valence-electron chi connectivity index (χ2n) is 9.04. The summed E-state index contributed by atoms with van der Waals surface area (Å²) >= 11 is 0. The van der Waals surface area contributed by atoms with Crippen LogP contribution in [0.2, 0.25) is 0 Å². The van der Waals surface area contributed by atoms with Crippen molar-refractivity contribution < 1.29 is 18.0 Å². The van der Waals surface area contributed by atoms with E-state index < -0.39 is 21.9 Å². The Labute approximate surface area is 222 Å². The van der Waals surface area contributed by atoms with Crippen molar-refractivity contribution in [1.29, 1.82) is 0 Å². The molecule has 194 valence electrons. The minimum atomic E-state index is -3.40. The fourth-order valence-electron chi connectivity index (χ4n) is 4.01. The summed E-state index contributed by atoms with van der Waals surface area (Å²) in [6, 6.07) is 29.2. The zero-order chi connectivity index (χ0) is 27.1. The summed E-state index contributed by atoms with van der Waals surface area (Å²) in [6.45, 7) is 1.96. The quantitative estimate of drug-likeness (QED) is 0.284. The van der Waals surface area contributed by atoms with Crippen LogP contribution in [-0.2, 0) is 21.1 Å². The first-order chi connectivity index (χ1) is 18.2. The van der Waals surface area contributed by atoms with Crippen molar-refractivity contribution in [3.63, 3.8) is 0 Å². The van der Waals surface area contributed by atoms with Gasteiger partial charge in [0.2, 0.25) is 5.91 Å². The van der Waals surface area contributed by atoms with Gasteiger partial charge in [0.1, 0.15) is 6.04 Å². The van der Waals surface area contributed by atoms with Crippen LogP contribution in [0.1, 0.15) is 11.1 Å². The normalized spacial score (nSPS) is 11.8. The number of urea groups is 1. The third-order valence-electron chi connectivity index (χ3n) is 5.96. The predicted octanol–water partition coefficient (Wildman–Crippen LogP) is 5.44. The van der Waals surface area contributed by atoms with Gasteiger partial charge in [0.25, 0.3) is 0 Å². The van der Waals surface area contributed by atoms with E-state index in [-0.39, 0.29) is 10.8 Å². The van der Waals surface area contributed by atoms with E-state index >= 15 is 0 Å². The third kappa shape index (κ3) is 7.08. The van der Waals surface area contributed by atoms with Crippen LogP contribution < -0.4 is 16.0 Å². The summed E-state index contributed by atoms with van der Waals surface area (Å²) in [5.74, 6) is -0.378. The second-order valence-corrected chi connectivity index (χ2v) is 11.0. The van der Waals surface area contributed by atoms with Gasteiger partial charge >= 0.3 is 6.03 Å². The fraction of sp³-hybridized carbons (Fsp3) is 0.133. The third-order valence-corrected chi connectivity index (χ3v) is 7.12. The van der Waals surface area contributed by atoms with Crippen molar-refractivity contribution in [1.82, 2.24) is 5.32 Å². The molecule has 0 heterocycles. The number of sulfone groups is 1. The number of amides is 3. The van der Waals surface area contributed by atoms with Crippen LogP contribution in [0.25, 0.3) is 11.1 Å². The van der Waals surface area contributed by atoms with Gasteiger partial charge in [0.05, 0.1) is 4.90 Å². The number of carbonyl (C=O) groups excluding carboxylic acids is 2. The molecule has 8 heteroatoms. The summed E-state index contributed by atoms with van der Waals surface area (Å²) in [5, 5.41) is 8.41. The maximum absolute atomic E-state index is 13.3. The van der Waals surface area contributed by atoms with E-state index in [1.54, 1.807) is 60.7 Å². The Morgan fingerprint density at radius 2 is 1.32 bits per heavy atom. The standard InChI is InChI=1S/C30H29N3O4S/c1-21-12-16-25(17-13-21)32-30(35)33-27(20-22-8-4-3-5-9-22)29(34)31-24-18-14-23(15-19-24)26-10-6-7-11-28(26)38(2,36)37/h3-19,27H,20H2,1-2H3,(H,31,34)(H2,32,33,35). The molecular weight excluding hydrogens is 498 g/mol. The van der Waals surface area contributed by atoms with Crippen LogP contribution in [0.4, 0.5) is 16.2 Å². The zero-order valence-corrected chi connectivity index (χ0v) is 22.0. The molecule has 0 fully saturated rings. The monoisotopic (exact) mass is 527 g/mol. The fourth-order valence-corrected chi connectivity index (χ4v) is 4.92. The first kappa shape index (κ1) is 26.6. The van der Waals surface area contributed by atoms with Gasteiger partial charge in [-0.25, -0.2) is 13.2 Å². The number of anilines is 2. The number of nitrogens with one attached hydrogen (secondary N) is 3. The summed E-state index contributed by atoms with van der Waals surface area (Å²) in [7, 11) is -3.40. The zero-order valence-electron chi connectivity index (χ0n) is 21.1. The summed E-state index contributed by atoms with van der Waals surface area (Å²) in [5.41, 5.74) is 4.41. The molecule has 0 radical (unpaired) electrons. The Bertz CT molecular complexity index is 1520. The Morgan fingerprint density at radius 1 is 0.737 bits per heavy atom. The molecule has 1 atom stereocenters. The molecule has 0 aromatic heterocycles. The highest BCUT2D eigenvalue weighted by atomic mass is 32.2. The van der Waals surface area contributed by atoms with Crippen molar-refractivity contribution in [2.45, 2.75) is 24.3 Å². The lowest BCUT2D eigenvalue weighted by Crippen LogP contribution is -2.46. The van der Waals surface area contributed by atoms with Crippen molar-refractivity contribution in [3.8, 4) is 11.1 Å². The van der Waals surface area contributed by atoms with Crippen molar-refractivity contribution >= 4 is 33.2 Å². The van der Waals surface area contributed by atoms with Gasteiger partial charge < -0.3 is 16.0 Å². The van der Waals surface area contributed by atoms with Crippen molar-refractivity contribution in [2.75, 3.05) is 16.9 Å². The largest absolute Gasteiger partial charge is 0.326 e. The van der Waals surface area contributed by atoms with Gasteiger partial charge in [-0.3, -0.25) is 4.79 Å². The Balaban J connectivity index is 1.50. The smallest absolute Gasteiger partial charge is 0.319 e. The lowest BCUT2D eigenvalue weighted by molar-refractivity contribution is -0.117. The molecule has 0 bridgehead atoms. The number of hydrogen-bond acceptors (Lipinski definition) is 4. The van der Waals surface area contributed by atoms with E-state index in [4.69, 9.17) is 0 Å². The molecule has 4 aromatic rings. The molecule has 7 nitrogen and oxygen atoms in total. The van der Waals surface area contributed by atoms with E-state index in [1.165, 1.54) is 6.26 Å². The molecule has 0 aliphatic carbocycles. The van der Waals surface area contributed by atoms with Crippen LogP contribution in [0.15, 0.2) is 108 Å². The lowest BCUT2D eigenvalue weighted by Gasteiger charge is -2.19. The Kier molecular flexibility index (Phi) is 8.23. The van der Waals surface area contributed by atoms with Gasteiger partial charge in [-0.15, -0.1) is 0 Å². The number of benzene rings is 4. The van der Waals surface area contributed by atoms with Gasteiger partial charge in [0, 0.05) is 29.6 Å². The maximum atomic E-state index is 13.3. The van der Waals surface area contributed by atoms with E-state index in [9.17, 15) is 18.0 Å². The molecule has 4 aromatic carbocycles. The van der Waals surface area contributed by atoms with Gasteiger partial charge in [-0.2, -0.15) is 0 Å². The Hall–Kier alpha value is -4.43. The van der Waals surface area contributed by atoms with Crippen LogP contribution >= 0.6 is 0 Å². The summed E-state index contributed by atoms with van der Waals surface area (Å²) in [6.07, 6.45) is 1.48. The molecule has 0 aliphatic heterocycles. The van der Waals surface area contributed by atoms with Crippen molar-refractivity contribution in [3.05, 3.63) is 114 Å². The minimum absolute atomic E-state index is 0.239. The van der Waals surface area contributed by atoms with E-state index in [0.717, 1.165) is 11.1 Å². The molecule has 1 unspecified atom stereocenters. The SMILES string of the molecule is Cc1ccc(NC(=O)NC(Cc2ccccc2)C(=O)Nc2ccc(-c3ccccc3S(C)(=O)=O)cc2)cc1. The molecular formula is C30H29N3O4S. The first-order valence-corrected chi connectivity index (χ1v) is 14.0. The highest BCUT2D eigenvalue weighted by Gasteiger charge is 2.22. The highest BCUT2D eigenvalue weighted by Crippen LogP contribution is 2.28. The molecule has 0 spiro atoms. The molecule has 0 saturated carbocycles. The molecule has 0 saturated heterocycles. The number of rotatable bonds is 8. The molecule has 0 aliphatic rings. The number of hydrogen-bond donors (Lipinski definition) is 3.